The minimum absolute atomic E-state index is 0.413. The number of amides is 1. The van der Waals surface area contributed by atoms with Crippen molar-refractivity contribution in [2.75, 3.05) is 17.7 Å². The van der Waals surface area contributed by atoms with Gasteiger partial charge >= 0.3 is 0 Å². The Balaban J connectivity index is 2.38. The van der Waals surface area contributed by atoms with Crippen LogP contribution in [0.25, 0.3) is 0 Å². The van der Waals surface area contributed by atoms with Crippen molar-refractivity contribution in [1.82, 2.24) is 9.97 Å². The quantitative estimate of drug-likeness (QED) is 0.746. The zero-order valence-corrected chi connectivity index (χ0v) is 11.9. The van der Waals surface area contributed by atoms with Crippen molar-refractivity contribution in [2.45, 2.75) is 45.1 Å². The molecule has 1 aromatic heterocycles. The molecule has 1 aliphatic carbocycles. The first-order valence-electron chi connectivity index (χ1n) is 6.49. The van der Waals surface area contributed by atoms with Crippen molar-refractivity contribution in [1.29, 1.82) is 0 Å². The molecular formula is C13H21N5O. The number of carbonyl (C=O) groups is 1. The molecule has 0 aliphatic heterocycles. The van der Waals surface area contributed by atoms with Crippen LogP contribution in [0.2, 0.25) is 0 Å². The topological polar surface area (TPSA) is 92.9 Å². The SMILES string of the molecule is CNc1nc(C2CC2)nc(NC(C)(C)C(N)=O)c1C. The lowest BCUT2D eigenvalue weighted by atomic mass is 10.0. The van der Waals surface area contributed by atoms with Crippen molar-refractivity contribution in [3.63, 3.8) is 0 Å². The van der Waals surface area contributed by atoms with E-state index in [-0.39, 0.29) is 0 Å². The summed E-state index contributed by atoms with van der Waals surface area (Å²) >= 11 is 0. The molecule has 104 valence electrons. The van der Waals surface area contributed by atoms with E-state index in [0.717, 1.165) is 30.0 Å². The van der Waals surface area contributed by atoms with Crippen molar-refractivity contribution in [3.05, 3.63) is 11.4 Å². The Kier molecular flexibility index (Phi) is 3.34. The lowest BCUT2D eigenvalue weighted by Crippen LogP contribution is -2.45. The van der Waals surface area contributed by atoms with E-state index >= 15 is 0 Å². The van der Waals surface area contributed by atoms with E-state index in [1.165, 1.54) is 0 Å². The highest BCUT2D eigenvalue weighted by Gasteiger charge is 2.30. The second kappa shape index (κ2) is 4.68. The molecule has 2 rings (SSSR count). The van der Waals surface area contributed by atoms with Gasteiger partial charge < -0.3 is 16.4 Å². The Labute approximate surface area is 113 Å². The predicted octanol–water partition coefficient (Wildman–Crippen LogP) is 1.38. The molecule has 1 aromatic rings. The molecule has 1 fully saturated rings. The molecule has 6 nitrogen and oxygen atoms in total. The number of nitrogens with two attached hydrogens (primary N) is 1. The first kappa shape index (κ1) is 13.6. The van der Waals surface area contributed by atoms with Crippen LogP contribution in [0, 0.1) is 6.92 Å². The average molecular weight is 263 g/mol. The number of carbonyl (C=O) groups excluding carboxylic acids is 1. The summed E-state index contributed by atoms with van der Waals surface area (Å²) in [6.07, 6.45) is 2.26. The second-order valence-corrected chi connectivity index (χ2v) is 5.54. The molecule has 19 heavy (non-hydrogen) atoms. The van der Waals surface area contributed by atoms with Crippen LogP contribution in [-0.2, 0) is 4.79 Å². The average Bonchev–Trinajstić information content (AvgIpc) is 3.15. The van der Waals surface area contributed by atoms with Gasteiger partial charge in [0.05, 0.1) is 0 Å². The van der Waals surface area contributed by atoms with E-state index in [1.54, 1.807) is 13.8 Å². The van der Waals surface area contributed by atoms with Gasteiger partial charge in [0.15, 0.2) is 0 Å². The first-order valence-corrected chi connectivity index (χ1v) is 6.49. The fraction of sp³-hybridized carbons (Fsp3) is 0.615. The maximum absolute atomic E-state index is 11.4. The monoisotopic (exact) mass is 263 g/mol. The highest BCUT2D eigenvalue weighted by Crippen LogP contribution is 2.39. The molecule has 1 amide bonds. The number of hydrogen-bond acceptors (Lipinski definition) is 5. The molecule has 0 saturated heterocycles. The fourth-order valence-corrected chi connectivity index (χ4v) is 1.78. The summed E-state index contributed by atoms with van der Waals surface area (Å²) in [6, 6.07) is 0. The molecule has 1 aliphatic rings. The van der Waals surface area contributed by atoms with Crippen molar-refractivity contribution in [3.8, 4) is 0 Å². The van der Waals surface area contributed by atoms with E-state index in [1.807, 2.05) is 14.0 Å². The summed E-state index contributed by atoms with van der Waals surface area (Å²) in [5.41, 5.74) is 5.44. The molecule has 0 radical (unpaired) electrons. The number of nitrogens with one attached hydrogen (secondary N) is 2. The second-order valence-electron chi connectivity index (χ2n) is 5.54. The van der Waals surface area contributed by atoms with Crippen LogP contribution in [0.3, 0.4) is 0 Å². The Morgan fingerprint density at radius 1 is 1.32 bits per heavy atom. The van der Waals surface area contributed by atoms with E-state index in [0.29, 0.717) is 11.7 Å². The first-order chi connectivity index (χ1) is 8.85. The Morgan fingerprint density at radius 2 is 1.89 bits per heavy atom. The summed E-state index contributed by atoms with van der Waals surface area (Å²) in [4.78, 5) is 20.5. The maximum atomic E-state index is 11.4. The number of anilines is 2. The van der Waals surface area contributed by atoms with Crippen LogP contribution in [0.4, 0.5) is 11.6 Å². The highest BCUT2D eigenvalue weighted by molar-refractivity contribution is 5.87. The maximum Gasteiger partial charge on any atom is 0.242 e. The standard InChI is InChI=1S/C13H21N5O/c1-7-9(15-4)16-11(8-5-6-8)17-10(7)18-13(2,3)12(14)19/h8H,5-6H2,1-4H3,(H2,14,19)(H2,15,16,17,18). The molecule has 0 unspecified atom stereocenters. The van der Waals surface area contributed by atoms with Gasteiger partial charge in [0, 0.05) is 18.5 Å². The lowest BCUT2D eigenvalue weighted by Gasteiger charge is -2.25. The third kappa shape index (κ3) is 2.77. The van der Waals surface area contributed by atoms with Gasteiger partial charge in [-0.25, -0.2) is 9.97 Å². The Morgan fingerprint density at radius 3 is 2.37 bits per heavy atom. The number of primary amides is 1. The van der Waals surface area contributed by atoms with Crippen LogP contribution >= 0.6 is 0 Å². The van der Waals surface area contributed by atoms with Gasteiger partial charge in [-0.3, -0.25) is 4.79 Å². The molecule has 1 saturated carbocycles. The van der Waals surface area contributed by atoms with Gasteiger partial charge in [0.1, 0.15) is 23.0 Å². The minimum Gasteiger partial charge on any atom is -0.373 e. The molecule has 4 N–H and O–H groups in total. The Bertz CT molecular complexity index is 508. The molecule has 0 spiro atoms. The molecule has 0 aromatic carbocycles. The van der Waals surface area contributed by atoms with Crippen molar-refractivity contribution < 1.29 is 4.79 Å². The third-order valence-electron chi connectivity index (χ3n) is 3.39. The molecular weight excluding hydrogens is 242 g/mol. The third-order valence-corrected chi connectivity index (χ3v) is 3.39. The van der Waals surface area contributed by atoms with Crippen molar-refractivity contribution in [2.24, 2.45) is 5.73 Å². The predicted molar refractivity (Wildman–Crippen MR) is 75.2 cm³/mol. The summed E-state index contributed by atoms with van der Waals surface area (Å²) in [6.45, 7) is 5.40. The number of aromatic nitrogens is 2. The van der Waals surface area contributed by atoms with Gasteiger partial charge in [-0.05, 0) is 33.6 Å². The lowest BCUT2D eigenvalue weighted by molar-refractivity contribution is -0.121. The van der Waals surface area contributed by atoms with E-state index < -0.39 is 11.4 Å². The zero-order chi connectivity index (χ0) is 14.2. The minimum atomic E-state index is -0.842. The molecule has 6 heteroatoms. The van der Waals surface area contributed by atoms with Gasteiger partial charge in [-0.15, -0.1) is 0 Å². The van der Waals surface area contributed by atoms with E-state index in [2.05, 4.69) is 20.6 Å². The van der Waals surface area contributed by atoms with Crippen LogP contribution < -0.4 is 16.4 Å². The van der Waals surface area contributed by atoms with Crippen LogP contribution in [-0.4, -0.2) is 28.5 Å². The van der Waals surface area contributed by atoms with Crippen LogP contribution in [0.1, 0.15) is 44.0 Å². The zero-order valence-electron chi connectivity index (χ0n) is 11.9. The van der Waals surface area contributed by atoms with E-state index in [9.17, 15) is 4.79 Å². The molecule has 0 bridgehead atoms. The Hall–Kier alpha value is -1.85. The highest BCUT2D eigenvalue weighted by atomic mass is 16.1. The van der Waals surface area contributed by atoms with Crippen molar-refractivity contribution >= 4 is 17.5 Å². The fourth-order valence-electron chi connectivity index (χ4n) is 1.78. The van der Waals surface area contributed by atoms with Gasteiger partial charge in [-0.2, -0.15) is 0 Å². The van der Waals surface area contributed by atoms with Crippen LogP contribution in [0.5, 0.6) is 0 Å². The summed E-state index contributed by atoms with van der Waals surface area (Å²) in [5.74, 6) is 2.33. The number of hydrogen-bond donors (Lipinski definition) is 3. The summed E-state index contributed by atoms with van der Waals surface area (Å²) in [7, 11) is 1.83. The van der Waals surface area contributed by atoms with Gasteiger partial charge in [-0.1, -0.05) is 0 Å². The number of rotatable bonds is 5. The largest absolute Gasteiger partial charge is 0.373 e. The van der Waals surface area contributed by atoms with Crippen LogP contribution in [0.15, 0.2) is 0 Å². The molecule has 0 atom stereocenters. The number of nitrogens with zero attached hydrogens (tertiary/aromatic N) is 2. The van der Waals surface area contributed by atoms with Gasteiger partial charge in [0.2, 0.25) is 5.91 Å². The van der Waals surface area contributed by atoms with Gasteiger partial charge in [0.25, 0.3) is 0 Å². The van der Waals surface area contributed by atoms with E-state index in [4.69, 9.17) is 5.73 Å². The summed E-state index contributed by atoms with van der Waals surface area (Å²) in [5, 5.41) is 6.18. The summed E-state index contributed by atoms with van der Waals surface area (Å²) < 4.78 is 0. The molecule has 1 heterocycles. The smallest absolute Gasteiger partial charge is 0.242 e. The normalized spacial score (nSPS) is 15.2.